The molecule has 0 spiro atoms. The number of amides is 3. The van der Waals surface area contributed by atoms with Crippen molar-refractivity contribution in [3.63, 3.8) is 0 Å². The lowest BCUT2D eigenvalue weighted by molar-refractivity contribution is -0.142. The highest BCUT2D eigenvalue weighted by Crippen LogP contribution is 2.12. The summed E-state index contributed by atoms with van der Waals surface area (Å²) in [5.74, 6) is -3.80. The second-order valence-electron chi connectivity index (χ2n) is 8.63. The topological polar surface area (TPSA) is 220 Å². The van der Waals surface area contributed by atoms with E-state index in [2.05, 4.69) is 25.9 Å². The molecule has 196 valence electrons. The summed E-state index contributed by atoms with van der Waals surface area (Å²) in [7, 11) is 0. The number of carbonyl (C=O) groups is 4. The zero-order chi connectivity index (χ0) is 26.8. The highest BCUT2D eigenvalue weighted by atomic mass is 16.4. The summed E-state index contributed by atoms with van der Waals surface area (Å²) < 4.78 is 0. The number of aromatic amines is 1. The van der Waals surface area contributed by atoms with E-state index in [0.717, 1.165) is 0 Å². The van der Waals surface area contributed by atoms with Gasteiger partial charge in [-0.1, -0.05) is 26.0 Å². The molecule has 0 aliphatic rings. The van der Waals surface area contributed by atoms with Gasteiger partial charge in [-0.3, -0.25) is 14.4 Å². The second kappa shape index (κ2) is 13.2. The lowest BCUT2D eigenvalue weighted by atomic mass is 10.0. The molecule has 0 radical (unpaired) electrons. The molecule has 13 heteroatoms. The molecule has 2 rings (SSSR count). The molecule has 0 aliphatic heterocycles. The molecule has 0 aliphatic carbocycles. The summed E-state index contributed by atoms with van der Waals surface area (Å²) >= 11 is 0. The minimum Gasteiger partial charge on any atom is -0.508 e. The van der Waals surface area contributed by atoms with Gasteiger partial charge in [-0.25, -0.2) is 9.78 Å². The van der Waals surface area contributed by atoms with E-state index in [-0.39, 0.29) is 24.5 Å². The number of imidazole rings is 1. The Labute approximate surface area is 207 Å². The van der Waals surface area contributed by atoms with Crippen LogP contribution in [0.1, 0.15) is 25.1 Å². The fourth-order valence-corrected chi connectivity index (χ4v) is 3.20. The number of aliphatic carboxylic acids is 1. The summed E-state index contributed by atoms with van der Waals surface area (Å²) in [4.78, 5) is 56.6. The van der Waals surface area contributed by atoms with Crippen LogP contribution in [0, 0.1) is 5.92 Å². The summed E-state index contributed by atoms with van der Waals surface area (Å²) in [6, 6.07) is 0.955. The van der Waals surface area contributed by atoms with E-state index in [1.165, 1.54) is 36.8 Å². The molecule has 2 aromatic rings. The number of hydrogen-bond donors (Lipinski definition) is 8. The summed E-state index contributed by atoms with van der Waals surface area (Å²) in [5, 5.41) is 35.9. The first kappa shape index (κ1) is 28.3. The molecule has 3 amide bonds. The Balaban J connectivity index is 2.16. The predicted molar refractivity (Wildman–Crippen MR) is 127 cm³/mol. The quantitative estimate of drug-likeness (QED) is 0.157. The molecular formula is C23H32N6O7. The van der Waals surface area contributed by atoms with Crippen molar-refractivity contribution in [3.8, 4) is 5.75 Å². The third-order valence-electron chi connectivity index (χ3n) is 5.44. The standard InChI is InChI=1S/C23H32N6O7/c1-12(2)19(24)22(34)29-18(10-30)21(33)27-16(8-14-9-25-11-26-14)20(32)28-17(23(35)36)7-13-3-5-15(31)6-4-13/h3-6,9,11-12,16-19,30-31H,7-8,10,24H2,1-2H3,(H,25,26)(H,27,33)(H,28,32)(H,29,34)(H,35,36)/t16-,17-,18-,19-/m0/s1. The summed E-state index contributed by atoms with van der Waals surface area (Å²) in [6.07, 6.45) is 2.67. The molecule has 1 aromatic heterocycles. The van der Waals surface area contributed by atoms with Crippen LogP contribution in [0.2, 0.25) is 0 Å². The maximum absolute atomic E-state index is 13.1. The van der Waals surface area contributed by atoms with Crippen LogP contribution < -0.4 is 21.7 Å². The van der Waals surface area contributed by atoms with Gasteiger partial charge in [0.15, 0.2) is 0 Å². The Kier molecular flexibility index (Phi) is 10.4. The van der Waals surface area contributed by atoms with Gasteiger partial charge in [0, 0.05) is 24.7 Å². The largest absolute Gasteiger partial charge is 0.508 e. The zero-order valence-corrected chi connectivity index (χ0v) is 20.0. The van der Waals surface area contributed by atoms with Gasteiger partial charge in [-0.2, -0.15) is 0 Å². The summed E-state index contributed by atoms with van der Waals surface area (Å²) in [5.41, 5.74) is 6.82. The van der Waals surface area contributed by atoms with Crippen molar-refractivity contribution >= 4 is 23.7 Å². The fraction of sp³-hybridized carbons (Fsp3) is 0.435. The van der Waals surface area contributed by atoms with Gasteiger partial charge in [0.1, 0.15) is 23.9 Å². The van der Waals surface area contributed by atoms with E-state index < -0.39 is 54.5 Å². The third kappa shape index (κ3) is 8.36. The van der Waals surface area contributed by atoms with Gasteiger partial charge in [-0.15, -0.1) is 0 Å². The number of nitrogens with zero attached hydrogens (tertiary/aromatic N) is 1. The van der Waals surface area contributed by atoms with Gasteiger partial charge in [0.05, 0.1) is 19.0 Å². The van der Waals surface area contributed by atoms with E-state index in [4.69, 9.17) is 5.73 Å². The predicted octanol–water partition coefficient (Wildman–Crippen LogP) is -1.58. The van der Waals surface area contributed by atoms with Crippen molar-refractivity contribution in [2.24, 2.45) is 11.7 Å². The first-order valence-corrected chi connectivity index (χ1v) is 11.3. The van der Waals surface area contributed by atoms with Gasteiger partial charge >= 0.3 is 5.97 Å². The van der Waals surface area contributed by atoms with Crippen LogP contribution in [-0.4, -0.2) is 79.8 Å². The molecule has 1 heterocycles. The Morgan fingerprint density at radius 3 is 2.06 bits per heavy atom. The van der Waals surface area contributed by atoms with Gasteiger partial charge < -0.3 is 42.0 Å². The minimum absolute atomic E-state index is 0.0110. The Bertz CT molecular complexity index is 1030. The molecule has 0 saturated heterocycles. The van der Waals surface area contributed by atoms with E-state index in [0.29, 0.717) is 11.3 Å². The first-order chi connectivity index (χ1) is 17.0. The molecule has 0 unspecified atom stereocenters. The Morgan fingerprint density at radius 1 is 0.944 bits per heavy atom. The molecule has 13 nitrogen and oxygen atoms in total. The molecule has 1 aromatic carbocycles. The van der Waals surface area contributed by atoms with Crippen molar-refractivity contribution < 1.29 is 34.5 Å². The van der Waals surface area contributed by atoms with E-state index in [1.807, 2.05) is 0 Å². The maximum Gasteiger partial charge on any atom is 0.326 e. The monoisotopic (exact) mass is 504 g/mol. The number of aromatic hydroxyl groups is 1. The molecule has 0 fully saturated rings. The number of phenolic OH excluding ortho intramolecular Hbond substituents is 1. The van der Waals surface area contributed by atoms with Gasteiger partial charge in [0.2, 0.25) is 17.7 Å². The Morgan fingerprint density at radius 2 is 1.53 bits per heavy atom. The molecule has 4 atom stereocenters. The van der Waals surface area contributed by atoms with Crippen molar-refractivity contribution in [1.29, 1.82) is 0 Å². The van der Waals surface area contributed by atoms with E-state index in [1.54, 1.807) is 13.8 Å². The number of carboxylic acid groups (broad SMARTS) is 1. The SMILES string of the molecule is CC(C)[C@H](N)C(=O)N[C@@H](CO)C(=O)N[C@@H](Cc1cnc[nH]1)C(=O)N[C@@H](Cc1ccc(O)cc1)C(=O)O. The second-order valence-corrected chi connectivity index (χ2v) is 8.63. The van der Waals surface area contributed by atoms with Crippen molar-refractivity contribution in [3.05, 3.63) is 48.0 Å². The Hall–Kier alpha value is -3.97. The number of benzene rings is 1. The molecule has 36 heavy (non-hydrogen) atoms. The van der Waals surface area contributed by atoms with Crippen LogP contribution in [-0.2, 0) is 32.0 Å². The number of nitrogens with one attached hydrogen (secondary N) is 4. The number of aliphatic hydroxyl groups excluding tert-OH is 1. The number of phenols is 1. The average molecular weight is 505 g/mol. The van der Waals surface area contributed by atoms with Crippen molar-refractivity contribution in [2.45, 2.75) is 50.9 Å². The van der Waals surface area contributed by atoms with Crippen LogP contribution >= 0.6 is 0 Å². The number of H-pyrrole nitrogens is 1. The highest BCUT2D eigenvalue weighted by Gasteiger charge is 2.31. The van der Waals surface area contributed by atoms with Crippen LogP contribution in [0.15, 0.2) is 36.8 Å². The number of carbonyl (C=O) groups excluding carboxylic acids is 3. The number of hydrogen-bond acceptors (Lipinski definition) is 8. The number of aliphatic hydroxyl groups is 1. The fourth-order valence-electron chi connectivity index (χ4n) is 3.20. The number of carboxylic acids is 1. The van der Waals surface area contributed by atoms with Gasteiger partial charge in [-0.05, 0) is 23.6 Å². The number of rotatable bonds is 13. The number of aromatic nitrogens is 2. The molecule has 9 N–H and O–H groups in total. The van der Waals surface area contributed by atoms with Gasteiger partial charge in [0.25, 0.3) is 0 Å². The van der Waals surface area contributed by atoms with Crippen LogP contribution in [0.3, 0.4) is 0 Å². The van der Waals surface area contributed by atoms with Crippen molar-refractivity contribution in [2.75, 3.05) is 6.61 Å². The maximum atomic E-state index is 13.1. The lowest BCUT2D eigenvalue weighted by Crippen LogP contribution is -2.59. The smallest absolute Gasteiger partial charge is 0.326 e. The van der Waals surface area contributed by atoms with Crippen LogP contribution in [0.25, 0.3) is 0 Å². The molecule has 0 bridgehead atoms. The minimum atomic E-state index is -1.38. The molecular weight excluding hydrogens is 472 g/mol. The summed E-state index contributed by atoms with van der Waals surface area (Å²) in [6.45, 7) is 2.69. The zero-order valence-electron chi connectivity index (χ0n) is 20.0. The normalized spacial score (nSPS) is 14.4. The van der Waals surface area contributed by atoms with Crippen molar-refractivity contribution in [1.82, 2.24) is 25.9 Å². The van der Waals surface area contributed by atoms with Crippen LogP contribution in [0.4, 0.5) is 0 Å². The van der Waals surface area contributed by atoms with E-state index >= 15 is 0 Å². The average Bonchev–Trinajstić information content (AvgIpc) is 3.35. The molecule has 0 saturated carbocycles. The first-order valence-electron chi connectivity index (χ1n) is 11.3. The third-order valence-corrected chi connectivity index (χ3v) is 5.44. The highest BCUT2D eigenvalue weighted by molar-refractivity contribution is 5.94. The van der Waals surface area contributed by atoms with E-state index in [9.17, 15) is 34.5 Å². The van der Waals surface area contributed by atoms with Crippen LogP contribution in [0.5, 0.6) is 5.75 Å². The lowest BCUT2D eigenvalue weighted by Gasteiger charge is -2.24. The number of nitrogens with two attached hydrogens (primary N) is 1.